The molecule has 1 N–H and O–H groups in total. The predicted octanol–water partition coefficient (Wildman–Crippen LogP) is 1.71. The van der Waals surface area contributed by atoms with Crippen LogP contribution in [0, 0.1) is 0 Å². The number of ether oxygens (including phenoxy) is 3. The van der Waals surface area contributed by atoms with Crippen molar-refractivity contribution in [3.05, 3.63) is 23.2 Å². The number of aromatic nitrogens is 2. The fourth-order valence-electron chi connectivity index (χ4n) is 2.05. The Hall–Kier alpha value is -1.70. The summed E-state index contributed by atoms with van der Waals surface area (Å²) in [7, 11) is 1.69. The van der Waals surface area contributed by atoms with Crippen molar-refractivity contribution in [2.75, 3.05) is 33.5 Å². The van der Waals surface area contributed by atoms with Gasteiger partial charge in [0.2, 0.25) is 0 Å². The molecule has 7 heteroatoms. The quantitative estimate of drug-likeness (QED) is 0.820. The van der Waals surface area contributed by atoms with Gasteiger partial charge in [-0.3, -0.25) is 0 Å². The van der Waals surface area contributed by atoms with Gasteiger partial charge in [-0.15, -0.1) is 10.2 Å². The van der Waals surface area contributed by atoms with E-state index in [0.29, 0.717) is 26.4 Å². The number of fused-ring (bicyclic) bond motifs is 1. The standard InChI is InChI=1S/C14H17N3O3S/c1-18-6-5-15-9-12-16-17-14(21-12)10-3-2-4-11-13(10)20-8-7-19-11/h2-4,15H,5-9H2,1H3. The molecule has 6 nitrogen and oxygen atoms in total. The molecule has 0 spiro atoms. The molecule has 1 aliphatic heterocycles. The van der Waals surface area contributed by atoms with Crippen LogP contribution in [-0.2, 0) is 11.3 Å². The first kappa shape index (κ1) is 14.2. The van der Waals surface area contributed by atoms with Gasteiger partial charge in [-0.25, -0.2) is 0 Å². The molecule has 0 bridgehead atoms. The van der Waals surface area contributed by atoms with Gasteiger partial charge < -0.3 is 19.5 Å². The van der Waals surface area contributed by atoms with Crippen LogP contribution >= 0.6 is 11.3 Å². The lowest BCUT2D eigenvalue weighted by Gasteiger charge is -2.19. The molecule has 0 fully saturated rings. The van der Waals surface area contributed by atoms with E-state index in [0.717, 1.165) is 33.6 Å². The molecule has 0 saturated heterocycles. The zero-order valence-corrected chi connectivity index (χ0v) is 12.6. The third-order valence-corrected chi connectivity index (χ3v) is 3.98. The topological polar surface area (TPSA) is 65.5 Å². The maximum atomic E-state index is 5.71. The Labute approximate surface area is 127 Å². The first-order valence-corrected chi connectivity index (χ1v) is 7.61. The van der Waals surface area contributed by atoms with Crippen LogP contribution in [0.4, 0.5) is 0 Å². The van der Waals surface area contributed by atoms with Crippen molar-refractivity contribution in [2.24, 2.45) is 0 Å². The predicted molar refractivity (Wildman–Crippen MR) is 79.9 cm³/mol. The number of nitrogens with one attached hydrogen (secondary N) is 1. The van der Waals surface area contributed by atoms with Crippen LogP contribution in [0.2, 0.25) is 0 Å². The smallest absolute Gasteiger partial charge is 0.171 e. The van der Waals surface area contributed by atoms with Crippen LogP contribution < -0.4 is 14.8 Å². The van der Waals surface area contributed by atoms with E-state index in [2.05, 4.69) is 15.5 Å². The van der Waals surface area contributed by atoms with Crippen molar-refractivity contribution in [3.63, 3.8) is 0 Å². The largest absolute Gasteiger partial charge is 0.486 e. The minimum absolute atomic E-state index is 0.564. The van der Waals surface area contributed by atoms with Crippen molar-refractivity contribution >= 4 is 11.3 Å². The fourth-order valence-corrected chi connectivity index (χ4v) is 2.88. The second kappa shape index (κ2) is 6.84. The summed E-state index contributed by atoms with van der Waals surface area (Å²) >= 11 is 1.56. The summed E-state index contributed by atoms with van der Waals surface area (Å²) in [5.41, 5.74) is 0.938. The summed E-state index contributed by atoms with van der Waals surface area (Å²) in [6, 6.07) is 5.84. The summed E-state index contributed by atoms with van der Waals surface area (Å²) in [6.07, 6.45) is 0. The number of nitrogens with zero attached hydrogens (tertiary/aromatic N) is 2. The SMILES string of the molecule is COCCNCc1nnc(-c2cccc3c2OCCO3)s1. The highest BCUT2D eigenvalue weighted by Gasteiger charge is 2.19. The average molecular weight is 307 g/mol. The van der Waals surface area contributed by atoms with Crippen LogP contribution in [0.15, 0.2) is 18.2 Å². The molecule has 1 aromatic carbocycles. The minimum Gasteiger partial charge on any atom is -0.486 e. The fraction of sp³-hybridized carbons (Fsp3) is 0.429. The molecule has 0 amide bonds. The molecular weight excluding hydrogens is 290 g/mol. The molecule has 0 atom stereocenters. The molecule has 2 heterocycles. The van der Waals surface area contributed by atoms with Crippen molar-refractivity contribution < 1.29 is 14.2 Å². The molecule has 21 heavy (non-hydrogen) atoms. The molecule has 0 aliphatic carbocycles. The second-order valence-corrected chi connectivity index (χ2v) is 5.56. The van der Waals surface area contributed by atoms with Gasteiger partial charge >= 0.3 is 0 Å². The monoisotopic (exact) mass is 307 g/mol. The Bertz CT molecular complexity index is 603. The molecule has 1 aromatic heterocycles. The highest BCUT2D eigenvalue weighted by Crippen LogP contribution is 2.40. The number of benzene rings is 1. The van der Waals surface area contributed by atoms with Gasteiger partial charge in [-0.2, -0.15) is 0 Å². The Kier molecular flexibility index (Phi) is 4.64. The van der Waals surface area contributed by atoms with E-state index >= 15 is 0 Å². The highest BCUT2D eigenvalue weighted by molar-refractivity contribution is 7.14. The number of hydrogen-bond acceptors (Lipinski definition) is 7. The second-order valence-electron chi connectivity index (χ2n) is 4.50. The molecule has 112 valence electrons. The van der Waals surface area contributed by atoms with Crippen molar-refractivity contribution in [3.8, 4) is 22.1 Å². The van der Waals surface area contributed by atoms with Gasteiger partial charge in [-0.1, -0.05) is 17.4 Å². The van der Waals surface area contributed by atoms with Gasteiger partial charge in [-0.05, 0) is 12.1 Å². The Balaban J connectivity index is 1.74. The molecule has 3 rings (SSSR count). The van der Waals surface area contributed by atoms with Crippen LogP contribution in [0.5, 0.6) is 11.5 Å². The maximum absolute atomic E-state index is 5.71. The number of para-hydroxylation sites is 1. The summed E-state index contributed by atoms with van der Waals surface area (Å²) in [6.45, 7) is 3.31. The molecular formula is C14H17N3O3S. The third-order valence-electron chi connectivity index (χ3n) is 3.02. The first-order valence-electron chi connectivity index (χ1n) is 6.79. The summed E-state index contributed by atoms with van der Waals surface area (Å²) in [5, 5.41) is 13.5. The van der Waals surface area contributed by atoms with Crippen LogP contribution in [0.1, 0.15) is 5.01 Å². The van der Waals surface area contributed by atoms with E-state index in [1.165, 1.54) is 0 Å². The van der Waals surface area contributed by atoms with Crippen LogP contribution in [-0.4, -0.2) is 43.7 Å². The van der Waals surface area contributed by atoms with Crippen molar-refractivity contribution in [2.45, 2.75) is 6.54 Å². The zero-order valence-electron chi connectivity index (χ0n) is 11.8. The van der Waals surface area contributed by atoms with Gasteiger partial charge in [0.1, 0.15) is 18.2 Å². The third kappa shape index (κ3) is 3.31. The first-order chi connectivity index (χ1) is 10.4. The zero-order chi connectivity index (χ0) is 14.5. The van der Waals surface area contributed by atoms with Gasteiger partial charge in [0.05, 0.1) is 12.2 Å². The lowest BCUT2D eigenvalue weighted by Crippen LogP contribution is -2.18. The highest BCUT2D eigenvalue weighted by atomic mass is 32.1. The summed E-state index contributed by atoms with van der Waals surface area (Å²) in [4.78, 5) is 0. The van der Waals surface area contributed by atoms with Crippen LogP contribution in [0.25, 0.3) is 10.6 Å². The van der Waals surface area contributed by atoms with E-state index in [4.69, 9.17) is 14.2 Å². The van der Waals surface area contributed by atoms with E-state index in [1.54, 1.807) is 18.4 Å². The summed E-state index contributed by atoms with van der Waals surface area (Å²) in [5.74, 6) is 1.53. The normalized spacial score (nSPS) is 13.4. The molecule has 0 unspecified atom stereocenters. The van der Waals surface area contributed by atoms with Crippen molar-refractivity contribution in [1.29, 1.82) is 0 Å². The molecule has 0 radical (unpaired) electrons. The lowest BCUT2D eigenvalue weighted by molar-refractivity contribution is 0.172. The number of methoxy groups -OCH3 is 1. The minimum atomic E-state index is 0.564. The molecule has 2 aromatic rings. The van der Waals surface area contributed by atoms with Gasteiger partial charge in [0, 0.05) is 20.2 Å². The molecule has 0 saturated carbocycles. The van der Waals surface area contributed by atoms with E-state index in [9.17, 15) is 0 Å². The Morgan fingerprint density at radius 3 is 3.10 bits per heavy atom. The average Bonchev–Trinajstić information content (AvgIpc) is 3.00. The van der Waals surface area contributed by atoms with Gasteiger partial charge in [0.15, 0.2) is 16.5 Å². The number of rotatable bonds is 6. The van der Waals surface area contributed by atoms with E-state index < -0.39 is 0 Å². The maximum Gasteiger partial charge on any atom is 0.171 e. The Morgan fingerprint density at radius 2 is 2.19 bits per heavy atom. The Morgan fingerprint density at radius 1 is 1.29 bits per heavy atom. The number of hydrogen-bond donors (Lipinski definition) is 1. The molecule has 1 aliphatic rings. The van der Waals surface area contributed by atoms with E-state index in [1.807, 2.05) is 18.2 Å². The van der Waals surface area contributed by atoms with Crippen LogP contribution in [0.3, 0.4) is 0 Å². The van der Waals surface area contributed by atoms with Gasteiger partial charge in [0.25, 0.3) is 0 Å². The van der Waals surface area contributed by atoms with E-state index in [-0.39, 0.29) is 0 Å². The summed E-state index contributed by atoms with van der Waals surface area (Å²) < 4.78 is 16.3. The lowest BCUT2D eigenvalue weighted by atomic mass is 10.2. The van der Waals surface area contributed by atoms with Crippen molar-refractivity contribution in [1.82, 2.24) is 15.5 Å².